The third kappa shape index (κ3) is 2.36. The van der Waals surface area contributed by atoms with Crippen molar-refractivity contribution in [3.8, 4) is 5.75 Å². The van der Waals surface area contributed by atoms with Crippen molar-refractivity contribution in [1.82, 2.24) is 14.8 Å². The van der Waals surface area contributed by atoms with Gasteiger partial charge in [0.25, 0.3) is 0 Å². The quantitative estimate of drug-likeness (QED) is 0.878. The lowest BCUT2D eigenvalue weighted by atomic mass is 9.81. The van der Waals surface area contributed by atoms with Crippen LogP contribution < -0.4 is 10.5 Å². The molecule has 2 unspecified atom stereocenters. The Morgan fingerprint density at radius 3 is 3.00 bits per heavy atom. The van der Waals surface area contributed by atoms with Gasteiger partial charge < -0.3 is 15.6 Å². The van der Waals surface area contributed by atoms with E-state index in [1.54, 1.807) is 4.68 Å². The number of carboxylic acids is 1. The summed E-state index contributed by atoms with van der Waals surface area (Å²) in [5.41, 5.74) is 6.08. The molecule has 8 heteroatoms. The fraction of sp³-hybridized carbons (Fsp3) is 0.357. The lowest BCUT2D eigenvalue weighted by molar-refractivity contribution is -0.143. The number of ether oxygens (including phenoxy) is 1. The molecule has 0 spiro atoms. The largest absolute Gasteiger partial charge is 0.496 e. The molecule has 1 aliphatic heterocycles. The topological polar surface area (TPSA) is 103 Å². The molecule has 0 radical (unpaired) electrons. The first-order valence-electron chi connectivity index (χ1n) is 6.75. The predicted octanol–water partition coefficient (Wildman–Crippen LogP) is 1.05. The van der Waals surface area contributed by atoms with Gasteiger partial charge in [0.1, 0.15) is 17.4 Å². The third-order valence-corrected chi connectivity index (χ3v) is 3.93. The summed E-state index contributed by atoms with van der Waals surface area (Å²) in [7, 11) is 1.47. The minimum atomic E-state index is -0.968. The van der Waals surface area contributed by atoms with Crippen molar-refractivity contribution >= 4 is 11.9 Å². The van der Waals surface area contributed by atoms with Crippen molar-refractivity contribution in [2.24, 2.45) is 5.92 Å². The number of aliphatic carboxylic acids is 1. The van der Waals surface area contributed by atoms with Gasteiger partial charge in [0, 0.05) is 17.9 Å². The summed E-state index contributed by atoms with van der Waals surface area (Å²) in [5, 5.41) is 13.6. The molecule has 2 atom stereocenters. The van der Waals surface area contributed by atoms with E-state index in [1.807, 2.05) is 0 Å². The summed E-state index contributed by atoms with van der Waals surface area (Å²) in [6.45, 7) is 0.260. The standard InChI is InChI=1S/C14H15FN4O3/c1-22-11-3-2-7(15)4-8(11)10-6-19-12(17-14(16)18-19)5-9(10)13(20)21/h2-4,9-10H,5-6H2,1H3,(H2,16,18)(H,20,21). The number of halogens is 1. The number of hydrogen-bond donors (Lipinski definition) is 2. The Labute approximate surface area is 125 Å². The Morgan fingerprint density at radius 1 is 1.55 bits per heavy atom. The van der Waals surface area contributed by atoms with Gasteiger partial charge in [-0.25, -0.2) is 9.07 Å². The molecular formula is C14H15FN4O3. The zero-order valence-corrected chi connectivity index (χ0v) is 11.9. The van der Waals surface area contributed by atoms with Gasteiger partial charge in [0.2, 0.25) is 5.95 Å². The summed E-state index contributed by atoms with van der Waals surface area (Å²) < 4.78 is 20.4. The van der Waals surface area contributed by atoms with Gasteiger partial charge in [-0.3, -0.25) is 4.79 Å². The van der Waals surface area contributed by atoms with E-state index in [9.17, 15) is 14.3 Å². The highest BCUT2D eigenvalue weighted by atomic mass is 19.1. The van der Waals surface area contributed by atoms with Crippen molar-refractivity contribution in [1.29, 1.82) is 0 Å². The molecule has 0 fully saturated rings. The average molecular weight is 306 g/mol. The highest BCUT2D eigenvalue weighted by Crippen LogP contribution is 2.38. The maximum atomic E-state index is 13.6. The number of benzene rings is 1. The number of anilines is 1. The molecule has 2 heterocycles. The number of carbonyl (C=O) groups is 1. The Kier molecular flexibility index (Phi) is 3.44. The summed E-state index contributed by atoms with van der Waals surface area (Å²) >= 11 is 0. The average Bonchev–Trinajstić information content (AvgIpc) is 2.84. The first kappa shape index (κ1) is 14.3. The van der Waals surface area contributed by atoms with E-state index in [0.717, 1.165) is 0 Å². The van der Waals surface area contributed by atoms with E-state index in [4.69, 9.17) is 10.5 Å². The molecule has 116 valence electrons. The van der Waals surface area contributed by atoms with Crippen LogP contribution in [0.4, 0.5) is 10.3 Å². The summed E-state index contributed by atoms with van der Waals surface area (Å²) in [5.74, 6) is -1.55. The minimum absolute atomic E-state index is 0.103. The lowest BCUT2D eigenvalue weighted by Gasteiger charge is -2.29. The zero-order chi connectivity index (χ0) is 15.9. The van der Waals surface area contributed by atoms with Crippen molar-refractivity contribution < 1.29 is 19.0 Å². The van der Waals surface area contributed by atoms with Gasteiger partial charge in [-0.1, -0.05) is 0 Å². The monoisotopic (exact) mass is 306 g/mol. The van der Waals surface area contributed by atoms with Crippen LogP contribution >= 0.6 is 0 Å². The second kappa shape index (κ2) is 5.28. The van der Waals surface area contributed by atoms with Crippen LogP contribution in [0.15, 0.2) is 18.2 Å². The molecule has 0 saturated carbocycles. The fourth-order valence-corrected chi connectivity index (χ4v) is 2.91. The molecule has 3 N–H and O–H groups in total. The first-order valence-corrected chi connectivity index (χ1v) is 6.75. The van der Waals surface area contributed by atoms with Gasteiger partial charge in [-0.15, -0.1) is 5.10 Å². The zero-order valence-electron chi connectivity index (χ0n) is 11.9. The van der Waals surface area contributed by atoms with Gasteiger partial charge >= 0.3 is 5.97 Å². The molecule has 1 aromatic carbocycles. The van der Waals surface area contributed by atoms with E-state index in [0.29, 0.717) is 17.1 Å². The van der Waals surface area contributed by atoms with Gasteiger partial charge in [-0.05, 0) is 18.2 Å². The van der Waals surface area contributed by atoms with Crippen LogP contribution in [0.5, 0.6) is 5.75 Å². The van der Waals surface area contributed by atoms with Crippen LogP contribution in [0, 0.1) is 11.7 Å². The molecule has 0 bridgehead atoms. The molecule has 22 heavy (non-hydrogen) atoms. The number of fused-ring (bicyclic) bond motifs is 1. The molecule has 0 aliphatic carbocycles. The second-order valence-corrected chi connectivity index (χ2v) is 5.21. The van der Waals surface area contributed by atoms with Gasteiger partial charge in [0.05, 0.1) is 19.6 Å². The summed E-state index contributed by atoms with van der Waals surface area (Å²) in [6.07, 6.45) is 0.184. The number of nitrogens with zero attached hydrogens (tertiary/aromatic N) is 3. The summed E-state index contributed by atoms with van der Waals surface area (Å²) in [4.78, 5) is 15.6. The van der Waals surface area contributed by atoms with Crippen molar-refractivity contribution in [2.45, 2.75) is 18.9 Å². The maximum absolute atomic E-state index is 13.6. The minimum Gasteiger partial charge on any atom is -0.496 e. The number of nitrogen functional groups attached to an aromatic ring is 1. The Hall–Kier alpha value is -2.64. The van der Waals surface area contributed by atoms with Crippen molar-refractivity contribution in [3.05, 3.63) is 35.4 Å². The SMILES string of the molecule is COc1ccc(F)cc1C1Cn2nc(N)nc2CC1C(=O)O. The van der Waals surface area contributed by atoms with E-state index in [2.05, 4.69) is 10.1 Å². The lowest BCUT2D eigenvalue weighted by Crippen LogP contribution is -2.34. The normalized spacial score (nSPS) is 20.5. The van der Waals surface area contributed by atoms with Gasteiger partial charge in [-0.2, -0.15) is 4.98 Å². The highest BCUT2D eigenvalue weighted by molar-refractivity contribution is 5.72. The number of rotatable bonds is 3. The molecule has 7 nitrogen and oxygen atoms in total. The number of hydrogen-bond acceptors (Lipinski definition) is 5. The molecule has 2 aromatic rings. The van der Waals surface area contributed by atoms with E-state index in [1.165, 1.54) is 25.3 Å². The van der Waals surface area contributed by atoms with E-state index < -0.39 is 23.6 Å². The van der Waals surface area contributed by atoms with Crippen LogP contribution in [0.3, 0.4) is 0 Å². The maximum Gasteiger partial charge on any atom is 0.307 e. The second-order valence-electron chi connectivity index (χ2n) is 5.21. The Balaban J connectivity index is 2.08. The van der Waals surface area contributed by atoms with Crippen molar-refractivity contribution in [3.63, 3.8) is 0 Å². The van der Waals surface area contributed by atoms with Crippen LogP contribution in [0.25, 0.3) is 0 Å². The molecule has 1 aliphatic rings. The van der Waals surface area contributed by atoms with Crippen LogP contribution in [-0.4, -0.2) is 33.0 Å². The van der Waals surface area contributed by atoms with Crippen LogP contribution in [-0.2, 0) is 17.8 Å². The Morgan fingerprint density at radius 2 is 2.32 bits per heavy atom. The highest BCUT2D eigenvalue weighted by Gasteiger charge is 2.38. The fourth-order valence-electron chi connectivity index (χ4n) is 2.91. The number of aromatic nitrogens is 3. The third-order valence-electron chi connectivity index (χ3n) is 3.93. The summed E-state index contributed by atoms with van der Waals surface area (Å²) in [6, 6.07) is 4.08. The van der Waals surface area contributed by atoms with E-state index in [-0.39, 0.29) is 18.9 Å². The number of carboxylic acid groups (broad SMARTS) is 1. The smallest absolute Gasteiger partial charge is 0.307 e. The Bertz CT molecular complexity index is 731. The molecular weight excluding hydrogens is 291 g/mol. The van der Waals surface area contributed by atoms with Crippen LogP contribution in [0.2, 0.25) is 0 Å². The van der Waals surface area contributed by atoms with Gasteiger partial charge in [0.15, 0.2) is 0 Å². The van der Waals surface area contributed by atoms with Crippen molar-refractivity contribution in [2.75, 3.05) is 12.8 Å². The molecule has 0 saturated heterocycles. The molecule has 0 amide bonds. The number of nitrogens with two attached hydrogens (primary N) is 1. The predicted molar refractivity (Wildman–Crippen MR) is 75.0 cm³/mol. The molecule has 1 aromatic heterocycles. The first-order chi connectivity index (χ1) is 10.5. The van der Waals surface area contributed by atoms with E-state index >= 15 is 0 Å². The number of methoxy groups -OCH3 is 1. The van der Waals surface area contributed by atoms with Crippen LogP contribution in [0.1, 0.15) is 17.3 Å². The molecule has 3 rings (SSSR count).